The summed E-state index contributed by atoms with van der Waals surface area (Å²) >= 11 is 12.0. The molecule has 1 aromatic carbocycles. The summed E-state index contributed by atoms with van der Waals surface area (Å²) in [5.41, 5.74) is 1.21. The third-order valence-electron chi connectivity index (χ3n) is 3.19. The SMILES string of the molecule is Clc1ccc(CCC2CCCCN2)c(Cl)c1. The van der Waals surface area contributed by atoms with Crippen molar-refractivity contribution in [3.05, 3.63) is 33.8 Å². The molecule has 0 amide bonds. The molecule has 0 radical (unpaired) electrons. The van der Waals surface area contributed by atoms with E-state index in [1.165, 1.54) is 37.8 Å². The van der Waals surface area contributed by atoms with E-state index in [0.29, 0.717) is 11.1 Å². The average Bonchev–Trinajstić information content (AvgIpc) is 2.29. The molecule has 1 heterocycles. The monoisotopic (exact) mass is 257 g/mol. The Bertz CT molecular complexity index is 346. The average molecular weight is 258 g/mol. The molecule has 0 spiro atoms. The van der Waals surface area contributed by atoms with Crippen LogP contribution in [0.4, 0.5) is 0 Å². The van der Waals surface area contributed by atoms with Crippen LogP contribution in [0.1, 0.15) is 31.2 Å². The highest BCUT2D eigenvalue weighted by Gasteiger charge is 2.12. The second-order valence-electron chi connectivity index (χ2n) is 4.42. The van der Waals surface area contributed by atoms with E-state index in [9.17, 15) is 0 Å². The van der Waals surface area contributed by atoms with Crippen LogP contribution in [0.2, 0.25) is 10.0 Å². The van der Waals surface area contributed by atoms with E-state index in [2.05, 4.69) is 5.32 Å². The van der Waals surface area contributed by atoms with Gasteiger partial charge in [-0.2, -0.15) is 0 Å². The van der Waals surface area contributed by atoms with Crippen molar-refractivity contribution in [3.63, 3.8) is 0 Å². The van der Waals surface area contributed by atoms with Crippen LogP contribution >= 0.6 is 23.2 Å². The number of piperidine rings is 1. The molecule has 1 aliphatic rings. The zero-order chi connectivity index (χ0) is 11.4. The van der Waals surface area contributed by atoms with Crippen LogP contribution in [0, 0.1) is 0 Å². The zero-order valence-corrected chi connectivity index (χ0v) is 10.8. The first-order valence-corrected chi connectivity index (χ1v) is 6.68. The molecule has 1 N–H and O–H groups in total. The van der Waals surface area contributed by atoms with Crippen LogP contribution in [-0.4, -0.2) is 12.6 Å². The standard InChI is InChI=1S/C13H17Cl2N/c14-11-6-4-10(13(15)9-11)5-7-12-3-1-2-8-16-12/h4,6,9,12,16H,1-3,5,7-8H2. The lowest BCUT2D eigenvalue weighted by atomic mass is 9.98. The summed E-state index contributed by atoms with van der Waals surface area (Å²) in [6.07, 6.45) is 6.17. The first-order valence-electron chi connectivity index (χ1n) is 5.93. The lowest BCUT2D eigenvalue weighted by Crippen LogP contribution is -2.34. The van der Waals surface area contributed by atoms with Gasteiger partial charge in [0, 0.05) is 16.1 Å². The molecule has 0 aliphatic carbocycles. The first kappa shape index (κ1) is 12.2. The molecule has 1 fully saturated rings. The summed E-state index contributed by atoms with van der Waals surface area (Å²) in [6.45, 7) is 1.17. The number of benzene rings is 1. The minimum Gasteiger partial charge on any atom is -0.314 e. The molecule has 1 atom stereocenters. The molecule has 0 saturated carbocycles. The maximum absolute atomic E-state index is 6.14. The third kappa shape index (κ3) is 3.38. The molecule has 0 bridgehead atoms. The summed E-state index contributed by atoms with van der Waals surface area (Å²) in [6, 6.07) is 6.44. The fourth-order valence-electron chi connectivity index (χ4n) is 2.22. The summed E-state index contributed by atoms with van der Waals surface area (Å²) in [7, 11) is 0. The summed E-state index contributed by atoms with van der Waals surface area (Å²) < 4.78 is 0. The van der Waals surface area contributed by atoms with Crippen molar-refractivity contribution in [2.24, 2.45) is 0 Å². The number of hydrogen-bond donors (Lipinski definition) is 1. The Hall–Kier alpha value is -0.240. The van der Waals surface area contributed by atoms with Crippen molar-refractivity contribution >= 4 is 23.2 Å². The number of hydrogen-bond acceptors (Lipinski definition) is 1. The highest BCUT2D eigenvalue weighted by molar-refractivity contribution is 6.35. The van der Waals surface area contributed by atoms with Crippen LogP contribution in [0.5, 0.6) is 0 Å². The zero-order valence-electron chi connectivity index (χ0n) is 9.31. The number of nitrogens with one attached hydrogen (secondary N) is 1. The molecule has 3 heteroatoms. The van der Waals surface area contributed by atoms with Gasteiger partial charge < -0.3 is 5.32 Å². The smallest absolute Gasteiger partial charge is 0.0452 e. The molecule has 1 aliphatic heterocycles. The normalized spacial score (nSPS) is 21.0. The van der Waals surface area contributed by atoms with Crippen molar-refractivity contribution in [2.45, 2.75) is 38.1 Å². The predicted octanol–water partition coefficient (Wildman–Crippen LogP) is 4.07. The van der Waals surface area contributed by atoms with Crippen LogP contribution in [-0.2, 0) is 6.42 Å². The van der Waals surface area contributed by atoms with Gasteiger partial charge >= 0.3 is 0 Å². The molecule has 1 aromatic rings. The van der Waals surface area contributed by atoms with Gasteiger partial charge in [-0.25, -0.2) is 0 Å². The molecular weight excluding hydrogens is 241 g/mol. The molecular formula is C13H17Cl2N. The van der Waals surface area contributed by atoms with Gasteiger partial charge in [0.15, 0.2) is 0 Å². The van der Waals surface area contributed by atoms with E-state index in [0.717, 1.165) is 11.4 Å². The summed E-state index contributed by atoms with van der Waals surface area (Å²) in [4.78, 5) is 0. The third-order valence-corrected chi connectivity index (χ3v) is 3.78. The van der Waals surface area contributed by atoms with Crippen molar-refractivity contribution in [2.75, 3.05) is 6.54 Å². The Labute approximate surface area is 107 Å². The van der Waals surface area contributed by atoms with Crippen LogP contribution in [0.3, 0.4) is 0 Å². The van der Waals surface area contributed by atoms with E-state index in [4.69, 9.17) is 23.2 Å². The molecule has 1 nitrogen and oxygen atoms in total. The Morgan fingerprint density at radius 1 is 1.25 bits per heavy atom. The molecule has 1 saturated heterocycles. The Kier molecular flexibility index (Phi) is 4.51. The number of rotatable bonds is 3. The first-order chi connectivity index (χ1) is 7.75. The molecule has 16 heavy (non-hydrogen) atoms. The topological polar surface area (TPSA) is 12.0 Å². The van der Waals surface area contributed by atoms with Gasteiger partial charge in [0.25, 0.3) is 0 Å². The second kappa shape index (κ2) is 5.90. The van der Waals surface area contributed by atoms with Gasteiger partial charge in [-0.1, -0.05) is 35.7 Å². The van der Waals surface area contributed by atoms with Crippen LogP contribution in [0.15, 0.2) is 18.2 Å². The molecule has 88 valence electrons. The quantitative estimate of drug-likeness (QED) is 0.861. The highest BCUT2D eigenvalue weighted by atomic mass is 35.5. The van der Waals surface area contributed by atoms with Gasteiger partial charge in [-0.3, -0.25) is 0 Å². The van der Waals surface area contributed by atoms with Gasteiger partial charge in [0.05, 0.1) is 0 Å². The molecule has 0 aromatic heterocycles. The van der Waals surface area contributed by atoms with Crippen LogP contribution < -0.4 is 5.32 Å². The van der Waals surface area contributed by atoms with Crippen molar-refractivity contribution in [1.82, 2.24) is 5.32 Å². The van der Waals surface area contributed by atoms with Gasteiger partial charge in [-0.05, 0) is 49.9 Å². The molecule has 2 rings (SSSR count). The summed E-state index contributed by atoms with van der Waals surface area (Å²) in [5, 5.41) is 5.06. The number of aryl methyl sites for hydroxylation is 1. The largest absolute Gasteiger partial charge is 0.314 e. The minimum atomic E-state index is 0.667. The van der Waals surface area contributed by atoms with Crippen molar-refractivity contribution < 1.29 is 0 Å². The maximum atomic E-state index is 6.14. The lowest BCUT2D eigenvalue weighted by molar-refractivity contribution is 0.383. The van der Waals surface area contributed by atoms with E-state index in [-0.39, 0.29) is 0 Å². The van der Waals surface area contributed by atoms with Gasteiger partial charge in [0.1, 0.15) is 0 Å². The van der Waals surface area contributed by atoms with E-state index >= 15 is 0 Å². The van der Waals surface area contributed by atoms with Crippen LogP contribution in [0.25, 0.3) is 0 Å². The summed E-state index contributed by atoms with van der Waals surface area (Å²) in [5.74, 6) is 0. The maximum Gasteiger partial charge on any atom is 0.0452 e. The Morgan fingerprint density at radius 3 is 2.81 bits per heavy atom. The van der Waals surface area contributed by atoms with E-state index in [1.54, 1.807) is 0 Å². The minimum absolute atomic E-state index is 0.667. The van der Waals surface area contributed by atoms with E-state index < -0.39 is 0 Å². The Morgan fingerprint density at radius 2 is 2.12 bits per heavy atom. The molecule has 1 unspecified atom stereocenters. The highest BCUT2D eigenvalue weighted by Crippen LogP contribution is 2.23. The predicted molar refractivity (Wildman–Crippen MR) is 70.4 cm³/mol. The lowest BCUT2D eigenvalue weighted by Gasteiger charge is -2.23. The fourth-order valence-corrected chi connectivity index (χ4v) is 2.73. The van der Waals surface area contributed by atoms with Crippen molar-refractivity contribution in [1.29, 1.82) is 0 Å². The number of halogens is 2. The Balaban J connectivity index is 1.88. The van der Waals surface area contributed by atoms with Crippen molar-refractivity contribution in [3.8, 4) is 0 Å². The fraction of sp³-hybridized carbons (Fsp3) is 0.538. The van der Waals surface area contributed by atoms with E-state index in [1.807, 2.05) is 18.2 Å². The van der Waals surface area contributed by atoms with Gasteiger partial charge in [0.2, 0.25) is 0 Å². The second-order valence-corrected chi connectivity index (χ2v) is 5.26. The van der Waals surface area contributed by atoms with Gasteiger partial charge in [-0.15, -0.1) is 0 Å².